The van der Waals surface area contributed by atoms with E-state index in [2.05, 4.69) is 10.0 Å². The quantitative estimate of drug-likeness (QED) is 0.801. The van der Waals surface area contributed by atoms with Gasteiger partial charge in [0.2, 0.25) is 10.0 Å². The predicted molar refractivity (Wildman–Crippen MR) is 91.5 cm³/mol. The summed E-state index contributed by atoms with van der Waals surface area (Å²) in [6.07, 6.45) is 0. The number of nitrogens with one attached hydrogen (secondary N) is 2. The monoisotopic (exact) mass is 384 g/mol. The van der Waals surface area contributed by atoms with Crippen molar-refractivity contribution < 1.29 is 26.7 Å². The van der Waals surface area contributed by atoms with Gasteiger partial charge in [-0.2, -0.15) is 0 Å². The number of amides is 1. The Kier molecular flexibility index (Phi) is 5.94. The van der Waals surface area contributed by atoms with E-state index in [1.54, 1.807) is 6.92 Å². The van der Waals surface area contributed by atoms with E-state index in [4.69, 9.17) is 4.74 Å². The highest BCUT2D eigenvalue weighted by atomic mass is 32.2. The maximum absolute atomic E-state index is 13.3. The largest absolute Gasteiger partial charge is 0.495 e. The SMILES string of the molecule is CNS(=O)(=O)c1cc(C(=O)NC(C)c2ccc(F)c(F)c2)ccc1OC. The first kappa shape index (κ1) is 19.8. The molecule has 0 heterocycles. The molecule has 2 aromatic carbocycles. The third kappa shape index (κ3) is 4.17. The summed E-state index contributed by atoms with van der Waals surface area (Å²) in [6, 6.07) is 6.64. The molecule has 26 heavy (non-hydrogen) atoms. The summed E-state index contributed by atoms with van der Waals surface area (Å²) >= 11 is 0. The number of ether oxygens (including phenoxy) is 1. The van der Waals surface area contributed by atoms with Gasteiger partial charge in [-0.25, -0.2) is 21.9 Å². The van der Waals surface area contributed by atoms with Crippen LogP contribution in [0.25, 0.3) is 0 Å². The van der Waals surface area contributed by atoms with E-state index in [9.17, 15) is 22.0 Å². The highest BCUT2D eigenvalue weighted by Gasteiger charge is 2.21. The van der Waals surface area contributed by atoms with Gasteiger partial charge in [0, 0.05) is 5.56 Å². The molecular formula is C17H18F2N2O4S. The van der Waals surface area contributed by atoms with Gasteiger partial charge >= 0.3 is 0 Å². The van der Waals surface area contributed by atoms with Crippen LogP contribution < -0.4 is 14.8 Å². The Morgan fingerprint density at radius 1 is 1.12 bits per heavy atom. The highest BCUT2D eigenvalue weighted by Crippen LogP contribution is 2.25. The Balaban J connectivity index is 2.29. The second kappa shape index (κ2) is 7.79. The lowest BCUT2D eigenvalue weighted by molar-refractivity contribution is 0.0939. The summed E-state index contributed by atoms with van der Waals surface area (Å²) < 4.78 is 57.7. The summed E-state index contributed by atoms with van der Waals surface area (Å²) in [5.41, 5.74) is 0.447. The lowest BCUT2D eigenvalue weighted by Gasteiger charge is -2.16. The van der Waals surface area contributed by atoms with Crippen LogP contribution in [0.3, 0.4) is 0 Å². The van der Waals surface area contributed by atoms with Crippen molar-refractivity contribution in [1.29, 1.82) is 0 Å². The van der Waals surface area contributed by atoms with Crippen LogP contribution in [-0.2, 0) is 10.0 Å². The zero-order valence-corrected chi connectivity index (χ0v) is 15.2. The number of carbonyl (C=O) groups is 1. The molecule has 0 bridgehead atoms. The molecule has 0 spiro atoms. The minimum Gasteiger partial charge on any atom is -0.495 e. The van der Waals surface area contributed by atoms with Gasteiger partial charge in [-0.3, -0.25) is 4.79 Å². The summed E-state index contributed by atoms with van der Waals surface area (Å²) in [7, 11) is -1.28. The smallest absolute Gasteiger partial charge is 0.251 e. The van der Waals surface area contributed by atoms with Crippen LogP contribution in [0.5, 0.6) is 5.75 Å². The molecule has 0 aliphatic rings. The van der Waals surface area contributed by atoms with Gasteiger partial charge in [0.15, 0.2) is 11.6 Å². The molecule has 9 heteroatoms. The molecule has 0 aliphatic heterocycles. The molecule has 6 nitrogen and oxygen atoms in total. The van der Waals surface area contributed by atoms with Crippen molar-refractivity contribution in [1.82, 2.24) is 10.0 Å². The van der Waals surface area contributed by atoms with Gasteiger partial charge in [-0.15, -0.1) is 0 Å². The van der Waals surface area contributed by atoms with Crippen molar-refractivity contribution in [2.45, 2.75) is 17.9 Å². The topological polar surface area (TPSA) is 84.5 Å². The average Bonchev–Trinajstić information content (AvgIpc) is 2.63. The third-order valence-electron chi connectivity index (χ3n) is 3.78. The molecule has 140 valence electrons. The number of methoxy groups -OCH3 is 1. The van der Waals surface area contributed by atoms with Crippen molar-refractivity contribution in [2.75, 3.05) is 14.2 Å². The van der Waals surface area contributed by atoms with Gasteiger partial charge in [0.1, 0.15) is 10.6 Å². The molecule has 0 fully saturated rings. The van der Waals surface area contributed by atoms with E-state index in [0.29, 0.717) is 5.56 Å². The maximum atomic E-state index is 13.3. The predicted octanol–water partition coefficient (Wildman–Crippen LogP) is 2.37. The Morgan fingerprint density at radius 3 is 2.38 bits per heavy atom. The third-order valence-corrected chi connectivity index (χ3v) is 5.21. The number of hydrogen-bond donors (Lipinski definition) is 2. The molecule has 0 aliphatic carbocycles. The van der Waals surface area contributed by atoms with Gasteiger partial charge in [0.25, 0.3) is 5.91 Å². The fourth-order valence-electron chi connectivity index (χ4n) is 2.28. The van der Waals surface area contributed by atoms with E-state index >= 15 is 0 Å². The fourth-order valence-corrected chi connectivity index (χ4v) is 3.20. The highest BCUT2D eigenvalue weighted by molar-refractivity contribution is 7.89. The molecule has 0 aromatic heterocycles. The van der Waals surface area contributed by atoms with Gasteiger partial charge in [0.05, 0.1) is 13.2 Å². The van der Waals surface area contributed by atoms with Crippen molar-refractivity contribution in [3.63, 3.8) is 0 Å². The average molecular weight is 384 g/mol. The zero-order chi connectivity index (χ0) is 19.5. The number of sulfonamides is 1. The van der Waals surface area contributed by atoms with Gasteiger partial charge in [-0.1, -0.05) is 6.07 Å². The van der Waals surface area contributed by atoms with Crippen LogP contribution in [0.2, 0.25) is 0 Å². The minimum atomic E-state index is -3.83. The van der Waals surface area contributed by atoms with Crippen molar-refractivity contribution >= 4 is 15.9 Å². The standard InChI is InChI=1S/C17H18F2N2O4S/c1-10(11-4-6-13(18)14(19)8-11)21-17(22)12-5-7-15(25-3)16(9-12)26(23,24)20-2/h4-10,20H,1-3H3,(H,21,22). The van der Waals surface area contributed by atoms with Gasteiger partial charge < -0.3 is 10.1 Å². The van der Waals surface area contributed by atoms with Crippen molar-refractivity contribution in [2.24, 2.45) is 0 Å². The van der Waals surface area contributed by atoms with Crippen LogP contribution in [0, 0.1) is 11.6 Å². The summed E-state index contributed by atoms with van der Waals surface area (Å²) in [5.74, 6) is -2.48. The van der Waals surface area contributed by atoms with E-state index in [1.165, 1.54) is 38.4 Å². The van der Waals surface area contributed by atoms with Crippen LogP contribution >= 0.6 is 0 Å². The molecule has 2 rings (SSSR count). The molecular weight excluding hydrogens is 366 g/mol. The van der Waals surface area contributed by atoms with Crippen LogP contribution in [0.15, 0.2) is 41.3 Å². The zero-order valence-electron chi connectivity index (χ0n) is 14.3. The van der Waals surface area contributed by atoms with Crippen molar-refractivity contribution in [3.8, 4) is 5.75 Å². The van der Waals surface area contributed by atoms with E-state index in [1.807, 2.05) is 0 Å². The lowest BCUT2D eigenvalue weighted by atomic mass is 10.1. The van der Waals surface area contributed by atoms with Crippen LogP contribution in [-0.4, -0.2) is 28.5 Å². The maximum Gasteiger partial charge on any atom is 0.251 e. The summed E-state index contributed by atoms with van der Waals surface area (Å²) in [6.45, 7) is 1.60. The number of carbonyl (C=O) groups excluding carboxylic acids is 1. The molecule has 0 saturated carbocycles. The molecule has 2 N–H and O–H groups in total. The normalized spacial score (nSPS) is 12.5. The molecule has 1 atom stereocenters. The molecule has 0 saturated heterocycles. The van der Waals surface area contributed by atoms with Crippen LogP contribution in [0.1, 0.15) is 28.9 Å². The minimum absolute atomic E-state index is 0.0778. The Bertz CT molecular complexity index is 932. The Hall–Kier alpha value is -2.52. The first-order chi connectivity index (χ1) is 12.2. The van der Waals surface area contributed by atoms with E-state index < -0.39 is 33.6 Å². The number of benzene rings is 2. The van der Waals surface area contributed by atoms with E-state index in [0.717, 1.165) is 12.1 Å². The first-order valence-electron chi connectivity index (χ1n) is 7.57. The first-order valence-corrected chi connectivity index (χ1v) is 9.05. The molecule has 1 amide bonds. The number of hydrogen-bond acceptors (Lipinski definition) is 4. The number of halogens is 2. The van der Waals surface area contributed by atoms with Gasteiger partial charge in [-0.05, 0) is 49.9 Å². The molecule has 1 unspecified atom stereocenters. The summed E-state index contributed by atoms with van der Waals surface area (Å²) in [4.78, 5) is 12.2. The second-order valence-electron chi connectivity index (χ2n) is 5.44. The number of rotatable bonds is 6. The lowest BCUT2D eigenvalue weighted by Crippen LogP contribution is -2.27. The van der Waals surface area contributed by atoms with Crippen LogP contribution in [0.4, 0.5) is 8.78 Å². The Morgan fingerprint density at radius 2 is 1.81 bits per heavy atom. The fraction of sp³-hybridized carbons (Fsp3) is 0.235. The van der Waals surface area contributed by atoms with Crippen molar-refractivity contribution in [3.05, 3.63) is 59.2 Å². The van der Waals surface area contributed by atoms with E-state index in [-0.39, 0.29) is 16.2 Å². The molecule has 2 aromatic rings. The summed E-state index contributed by atoms with van der Waals surface area (Å²) in [5, 5.41) is 2.61. The second-order valence-corrected chi connectivity index (χ2v) is 7.30. The molecule has 0 radical (unpaired) electrons. The Labute approximate surface area is 150 Å².